The SMILES string of the molecule is O=C(N[C@@H](CO[C@H]1O[C@H](CO)[C@H](O)[C@@H](O)[C@H]1O)[C@H](O)c1ccc([N+](=O)[O-])cc1)C(Cl)Cl. The summed E-state index contributed by atoms with van der Waals surface area (Å²) < 4.78 is 10.6. The molecule has 1 heterocycles. The second-order valence-electron chi connectivity index (χ2n) is 6.74. The molecule has 1 saturated heterocycles. The summed E-state index contributed by atoms with van der Waals surface area (Å²) in [4.78, 5) is 20.6. The van der Waals surface area contributed by atoms with Crippen LogP contribution >= 0.6 is 23.2 Å². The van der Waals surface area contributed by atoms with E-state index in [9.17, 15) is 40.4 Å². The van der Waals surface area contributed by atoms with Crippen LogP contribution in [-0.2, 0) is 14.3 Å². The molecule has 174 valence electrons. The third-order valence-electron chi connectivity index (χ3n) is 4.64. The molecule has 1 aliphatic rings. The first-order chi connectivity index (χ1) is 14.6. The molecule has 12 nitrogen and oxygen atoms in total. The van der Waals surface area contributed by atoms with E-state index in [0.29, 0.717) is 0 Å². The lowest BCUT2D eigenvalue weighted by Crippen LogP contribution is -2.59. The standard InChI is InChI=1S/C17H22Cl2N2O10/c18-15(19)16(27)20-9(11(23)7-1-3-8(4-2-7)21(28)29)6-30-17-14(26)13(25)12(24)10(5-22)31-17/h1-4,9-15,17,22-26H,5-6H2,(H,20,27)/t9-,10+,11+,12-,13+,14+,17-/m0/s1. The van der Waals surface area contributed by atoms with Gasteiger partial charge in [-0.05, 0) is 17.7 Å². The fraction of sp³-hybridized carbons (Fsp3) is 0.588. The van der Waals surface area contributed by atoms with Gasteiger partial charge in [-0.25, -0.2) is 0 Å². The van der Waals surface area contributed by atoms with Crippen molar-refractivity contribution in [1.29, 1.82) is 0 Å². The Morgan fingerprint density at radius 1 is 1.19 bits per heavy atom. The Bertz CT molecular complexity index is 751. The number of rotatable bonds is 9. The number of nitrogens with one attached hydrogen (secondary N) is 1. The van der Waals surface area contributed by atoms with Crippen molar-refractivity contribution in [1.82, 2.24) is 5.32 Å². The summed E-state index contributed by atoms with van der Waals surface area (Å²) in [6.07, 6.45) is -9.14. The predicted molar refractivity (Wildman–Crippen MR) is 105 cm³/mol. The third kappa shape index (κ3) is 6.44. The van der Waals surface area contributed by atoms with Crippen LogP contribution in [0.2, 0.25) is 0 Å². The quantitative estimate of drug-likeness (QED) is 0.140. The monoisotopic (exact) mass is 484 g/mol. The molecule has 0 unspecified atom stereocenters. The predicted octanol–water partition coefficient (Wildman–Crippen LogP) is -1.27. The van der Waals surface area contributed by atoms with Gasteiger partial charge in [-0.2, -0.15) is 0 Å². The van der Waals surface area contributed by atoms with E-state index < -0.39 is 71.7 Å². The summed E-state index contributed by atoms with van der Waals surface area (Å²) in [5.41, 5.74) is -0.0234. The number of amides is 1. The van der Waals surface area contributed by atoms with Crippen molar-refractivity contribution in [2.75, 3.05) is 13.2 Å². The summed E-state index contributed by atoms with van der Waals surface area (Å²) in [6, 6.07) is 3.65. The summed E-state index contributed by atoms with van der Waals surface area (Å²) in [6.45, 7) is -1.16. The van der Waals surface area contributed by atoms with E-state index in [-0.39, 0.29) is 11.3 Å². The van der Waals surface area contributed by atoms with E-state index in [1.807, 2.05) is 0 Å². The molecule has 31 heavy (non-hydrogen) atoms. The van der Waals surface area contributed by atoms with Crippen molar-refractivity contribution in [2.45, 2.75) is 47.7 Å². The van der Waals surface area contributed by atoms with Gasteiger partial charge in [-0.15, -0.1) is 0 Å². The molecule has 0 bridgehead atoms. The summed E-state index contributed by atoms with van der Waals surface area (Å²) in [5.74, 6) is -0.869. The van der Waals surface area contributed by atoms with Crippen molar-refractivity contribution in [2.24, 2.45) is 0 Å². The van der Waals surface area contributed by atoms with Gasteiger partial charge in [0.25, 0.3) is 11.6 Å². The Morgan fingerprint density at radius 2 is 1.81 bits per heavy atom. The maximum Gasteiger partial charge on any atom is 0.269 e. The van der Waals surface area contributed by atoms with Gasteiger partial charge < -0.3 is 40.3 Å². The number of benzene rings is 1. The van der Waals surface area contributed by atoms with Gasteiger partial charge in [-0.1, -0.05) is 23.2 Å². The number of nitro benzene ring substituents is 1. The molecule has 6 N–H and O–H groups in total. The number of alkyl halides is 2. The van der Waals surface area contributed by atoms with E-state index in [4.69, 9.17) is 32.7 Å². The van der Waals surface area contributed by atoms with Gasteiger partial charge in [0.1, 0.15) is 30.5 Å². The summed E-state index contributed by atoms with van der Waals surface area (Å²) in [7, 11) is 0. The van der Waals surface area contributed by atoms with Crippen LogP contribution in [0.15, 0.2) is 24.3 Å². The first-order valence-electron chi connectivity index (χ1n) is 8.99. The van der Waals surface area contributed by atoms with Crippen LogP contribution in [0, 0.1) is 10.1 Å². The summed E-state index contributed by atoms with van der Waals surface area (Å²) >= 11 is 11.1. The van der Waals surface area contributed by atoms with Crippen molar-refractivity contribution in [3.63, 3.8) is 0 Å². The van der Waals surface area contributed by atoms with Crippen molar-refractivity contribution >= 4 is 34.8 Å². The number of hydrogen-bond acceptors (Lipinski definition) is 10. The lowest BCUT2D eigenvalue weighted by Gasteiger charge is -2.40. The van der Waals surface area contributed by atoms with E-state index >= 15 is 0 Å². The van der Waals surface area contributed by atoms with Gasteiger partial charge >= 0.3 is 0 Å². The van der Waals surface area contributed by atoms with Gasteiger partial charge in [0, 0.05) is 12.1 Å². The molecule has 0 saturated carbocycles. The van der Waals surface area contributed by atoms with Crippen molar-refractivity contribution < 1.29 is 44.7 Å². The second kappa shape index (κ2) is 11.3. The van der Waals surface area contributed by atoms with Crippen LogP contribution in [0.1, 0.15) is 11.7 Å². The number of ether oxygens (including phenoxy) is 2. The van der Waals surface area contributed by atoms with Crippen LogP contribution < -0.4 is 5.32 Å². The number of carbonyl (C=O) groups is 1. The first-order valence-corrected chi connectivity index (χ1v) is 9.87. The average molecular weight is 485 g/mol. The number of hydrogen-bond donors (Lipinski definition) is 6. The lowest BCUT2D eigenvalue weighted by molar-refractivity contribution is -0.384. The zero-order chi connectivity index (χ0) is 23.3. The van der Waals surface area contributed by atoms with E-state index in [1.54, 1.807) is 0 Å². The van der Waals surface area contributed by atoms with Crippen molar-refractivity contribution in [3.05, 3.63) is 39.9 Å². The molecule has 0 aromatic heterocycles. The van der Waals surface area contributed by atoms with Gasteiger partial charge in [0.15, 0.2) is 11.1 Å². The van der Waals surface area contributed by atoms with Gasteiger partial charge in [0.05, 0.1) is 24.2 Å². The fourth-order valence-electron chi connectivity index (χ4n) is 2.89. The Morgan fingerprint density at radius 3 is 2.32 bits per heavy atom. The molecule has 7 atom stereocenters. The smallest absolute Gasteiger partial charge is 0.269 e. The molecule has 1 aliphatic heterocycles. The minimum atomic E-state index is -1.69. The number of nitrogens with zero attached hydrogens (tertiary/aromatic N) is 1. The van der Waals surface area contributed by atoms with E-state index in [2.05, 4.69) is 5.32 Å². The van der Waals surface area contributed by atoms with Crippen LogP contribution in [0.4, 0.5) is 5.69 Å². The molecular formula is C17H22Cl2N2O10. The lowest BCUT2D eigenvalue weighted by atomic mass is 9.99. The Kier molecular flexibility index (Phi) is 9.36. The Hall–Kier alpha value is -1.61. The molecule has 1 aromatic carbocycles. The number of non-ortho nitro benzene ring substituents is 1. The number of carbonyl (C=O) groups excluding carboxylic acids is 1. The zero-order valence-corrected chi connectivity index (χ0v) is 17.3. The van der Waals surface area contributed by atoms with E-state index in [1.165, 1.54) is 12.1 Å². The topological polar surface area (TPSA) is 192 Å². The minimum absolute atomic E-state index is 0.189. The molecule has 0 radical (unpaired) electrons. The van der Waals surface area contributed by atoms with Crippen LogP contribution in [-0.4, -0.2) is 91.2 Å². The van der Waals surface area contributed by atoms with Crippen LogP contribution in [0.25, 0.3) is 0 Å². The third-order valence-corrected chi connectivity index (χ3v) is 5.04. The molecule has 1 fully saturated rings. The highest BCUT2D eigenvalue weighted by molar-refractivity contribution is 6.53. The number of nitro groups is 1. The van der Waals surface area contributed by atoms with Crippen molar-refractivity contribution in [3.8, 4) is 0 Å². The Labute approximate surface area is 186 Å². The maximum absolute atomic E-state index is 11.9. The number of halogens is 2. The minimum Gasteiger partial charge on any atom is -0.394 e. The fourth-order valence-corrected chi connectivity index (χ4v) is 3.01. The zero-order valence-electron chi connectivity index (χ0n) is 15.8. The maximum atomic E-state index is 11.9. The van der Waals surface area contributed by atoms with Crippen LogP contribution in [0.3, 0.4) is 0 Å². The number of aliphatic hydroxyl groups excluding tert-OH is 5. The van der Waals surface area contributed by atoms with Gasteiger partial charge in [-0.3, -0.25) is 14.9 Å². The normalized spacial score (nSPS) is 28.2. The molecule has 0 spiro atoms. The highest BCUT2D eigenvalue weighted by Crippen LogP contribution is 2.25. The molecule has 0 aliphatic carbocycles. The molecular weight excluding hydrogens is 463 g/mol. The molecule has 1 aromatic rings. The highest BCUT2D eigenvalue weighted by Gasteiger charge is 2.44. The second-order valence-corrected chi connectivity index (χ2v) is 7.84. The molecule has 1 amide bonds. The van der Waals surface area contributed by atoms with Crippen LogP contribution in [0.5, 0.6) is 0 Å². The molecule has 2 rings (SSSR count). The first kappa shape index (κ1) is 25.6. The van der Waals surface area contributed by atoms with E-state index in [0.717, 1.165) is 12.1 Å². The highest BCUT2D eigenvalue weighted by atomic mass is 35.5. The Balaban J connectivity index is 2.15. The molecule has 14 heteroatoms. The van der Waals surface area contributed by atoms with Gasteiger partial charge in [0.2, 0.25) is 0 Å². The largest absolute Gasteiger partial charge is 0.394 e. The average Bonchev–Trinajstić information content (AvgIpc) is 2.75. The summed E-state index contributed by atoms with van der Waals surface area (Å²) in [5, 5.41) is 62.7. The number of aliphatic hydroxyl groups is 5.